The standard InChI is InChI=1S/C12H11FN2O2/c1-7-8(4-3-5-9(7)13)11-6-10(12(16)17)14-15(11)2/h3-6H,1-2H3,(H,16,17). The van der Waals surface area contributed by atoms with Gasteiger partial charge in [-0.3, -0.25) is 4.68 Å². The van der Waals surface area contributed by atoms with E-state index in [9.17, 15) is 9.18 Å². The third-order valence-corrected chi connectivity index (χ3v) is 2.64. The highest BCUT2D eigenvalue weighted by Crippen LogP contribution is 2.25. The Labute approximate surface area is 97.3 Å². The maximum absolute atomic E-state index is 13.4. The second-order valence-corrected chi connectivity index (χ2v) is 3.76. The van der Waals surface area contributed by atoms with Crippen molar-refractivity contribution in [3.05, 3.63) is 41.3 Å². The quantitative estimate of drug-likeness (QED) is 0.866. The molecule has 88 valence electrons. The summed E-state index contributed by atoms with van der Waals surface area (Å²) in [6.07, 6.45) is 0. The number of hydrogen-bond donors (Lipinski definition) is 1. The van der Waals surface area contributed by atoms with Crippen molar-refractivity contribution >= 4 is 5.97 Å². The zero-order valence-corrected chi connectivity index (χ0v) is 9.44. The summed E-state index contributed by atoms with van der Waals surface area (Å²) < 4.78 is 14.9. The second-order valence-electron chi connectivity index (χ2n) is 3.76. The third kappa shape index (κ3) is 1.91. The molecule has 0 spiro atoms. The van der Waals surface area contributed by atoms with E-state index in [4.69, 9.17) is 5.11 Å². The minimum Gasteiger partial charge on any atom is -0.476 e. The number of nitrogens with zero attached hydrogens (tertiary/aromatic N) is 2. The van der Waals surface area contributed by atoms with Gasteiger partial charge in [-0.1, -0.05) is 12.1 Å². The van der Waals surface area contributed by atoms with Crippen molar-refractivity contribution in [2.45, 2.75) is 6.92 Å². The maximum Gasteiger partial charge on any atom is 0.356 e. The normalized spacial score (nSPS) is 10.5. The molecule has 17 heavy (non-hydrogen) atoms. The SMILES string of the molecule is Cc1c(F)cccc1-c1cc(C(=O)O)nn1C. The van der Waals surface area contributed by atoms with Crippen molar-refractivity contribution in [1.29, 1.82) is 0 Å². The van der Waals surface area contributed by atoms with Gasteiger partial charge in [0.15, 0.2) is 5.69 Å². The van der Waals surface area contributed by atoms with Gasteiger partial charge in [0.25, 0.3) is 0 Å². The zero-order valence-electron chi connectivity index (χ0n) is 9.44. The molecule has 0 unspecified atom stereocenters. The van der Waals surface area contributed by atoms with Gasteiger partial charge >= 0.3 is 5.97 Å². The Morgan fingerprint density at radius 1 is 1.47 bits per heavy atom. The van der Waals surface area contributed by atoms with Crippen LogP contribution < -0.4 is 0 Å². The highest BCUT2D eigenvalue weighted by Gasteiger charge is 2.14. The molecule has 0 saturated heterocycles. The number of benzene rings is 1. The first-order valence-corrected chi connectivity index (χ1v) is 5.03. The number of halogens is 1. The van der Waals surface area contributed by atoms with Gasteiger partial charge in [0.2, 0.25) is 0 Å². The number of carbonyl (C=O) groups is 1. The lowest BCUT2D eigenvalue weighted by Crippen LogP contribution is -1.99. The Kier molecular flexibility index (Phi) is 2.67. The van der Waals surface area contributed by atoms with Gasteiger partial charge in [0, 0.05) is 12.6 Å². The number of carboxylic acids is 1. The molecule has 2 aromatic rings. The lowest BCUT2D eigenvalue weighted by Gasteiger charge is -2.06. The first kappa shape index (κ1) is 11.3. The Hall–Kier alpha value is -2.17. The van der Waals surface area contributed by atoms with Crippen molar-refractivity contribution in [3.8, 4) is 11.3 Å². The molecule has 0 aliphatic rings. The van der Waals surface area contributed by atoms with Crippen LogP contribution in [-0.4, -0.2) is 20.9 Å². The van der Waals surface area contributed by atoms with E-state index >= 15 is 0 Å². The van der Waals surface area contributed by atoms with Gasteiger partial charge in [0.1, 0.15) is 5.82 Å². The summed E-state index contributed by atoms with van der Waals surface area (Å²) in [4.78, 5) is 10.8. The van der Waals surface area contributed by atoms with Crippen molar-refractivity contribution in [2.75, 3.05) is 0 Å². The van der Waals surface area contributed by atoms with Crippen LogP contribution >= 0.6 is 0 Å². The van der Waals surface area contributed by atoms with Crippen molar-refractivity contribution in [1.82, 2.24) is 9.78 Å². The number of carboxylic acid groups (broad SMARTS) is 1. The number of aromatic nitrogens is 2. The summed E-state index contributed by atoms with van der Waals surface area (Å²) in [6, 6.07) is 6.13. The summed E-state index contributed by atoms with van der Waals surface area (Å²) >= 11 is 0. The van der Waals surface area contributed by atoms with E-state index in [-0.39, 0.29) is 11.5 Å². The first-order valence-electron chi connectivity index (χ1n) is 5.03. The van der Waals surface area contributed by atoms with Crippen molar-refractivity contribution in [2.24, 2.45) is 7.05 Å². The fraction of sp³-hybridized carbons (Fsp3) is 0.167. The molecule has 1 heterocycles. The molecule has 0 fully saturated rings. The van der Waals surface area contributed by atoms with Gasteiger partial charge in [-0.25, -0.2) is 9.18 Å². The minimum absolute atomic E-state index is 0.0499. The van der Waals surface area contributed by atoms with E-state index in [2.05, 4.69) is 5.10 Å². The highest BCUT2D eigenvalue weighted by molar-refractivity contribution is 5.87. The summed E-state index contributed by atoms with van der Waals surface area (Å²) in [5, 5.41) is 12.7. The van der Waals surface area contributed by atoms with Crippen LogP contribution in [0, 0.1) is 12.7 Å². The van der Waals surface area contributed by atoms with Crippen molar-refractivity contribution < 1.29 is 14.3 Å². The molecule has 0 saturated carbocycles. The van der Waals surface area contributed by atoms with Gasteiger partial charge in [-0.15, -0.1) is 0 Å². The van der Waals surface area contributed by atoms with E-state index in [1.165, 1.54) is 16.8 Å². The molecule has 5 heteroatoms. The van der Waals surface area contributed by atoms with Gasteiger partial charge < -0.3 is 5.11 Å². The van der Waals surface area contributed by atoms with Crippen LogP contribution in [0.5, 0.6) is 0 Å². The monoisotopic (exact) mass is 234 g/mol. The molecule has 1 N–H and O–H groups in total. The third-order valence-electron chi connectivity index (χ3n) is 2.64. The number of aromatic carboxylic acids is 1. The molecule has 0 amide bonds. The Morgan fingerprint density at radius 3 is 2.76 bits per heavy atom. The molecule has 0 bridgehead atoms. The first-order chi connectivity index (χ1) is 8.00. The average molecular weight is 234 g/mol. The molecule has 1 aromatic heterocycles. The summed E-state index contributed by atoms with van der Waals surface area (Å²) in [6.45, 7) is 1.65. The Balaban J connectivity index is 2.60. The van der Waals surface area contributed by atoms with Crippen LogP contribution in [-0.2, 0) is 7.05 Å². The van der Waals surface area contributed by atoms with Crippen LogP contribution in [0.3, 0.4) is 0 Å². The maximum atomic E-state index is 13.4. The molecule has 0 aliphatic carbocycles. The molecule has 4 nitrogen and oxygen atoms in total. The molecule has 1 aromatic carbocycles. The lowest BCUT2D eigenvalue weighted by molar-refractivity contribution is 0.0689. The van der Waals surface area contributed by atoms with Gasteiger partial charge in [-0.05, 0) is 24.6 Å². The van der Waals surface area contributed by atoms with E-state index < -0.39 is 5.97 Å². The lowest BCUT2D eigenvalue weighted by atomic mass is 10.1. The van der Waals surface area contributed by atoms with Crippen LogP contribution in [0.25, 0.3) is 11.3 Å². The Morgan fingerprint density at radius 2 is 2.18 bits per heavy atom. The largest absolute Gasteiger partial charge is 0.476 e. The van der Waals surface area contributed by atoms with Gasteiger partial charge in [0.05, 0.1) is 5.69 Å². The molecule has 0 radical (unpaired) electrons. The minimum atomic E-state index is -1.10. The molecule has 2 rings (SSSR count). The van der Waals surface area contributed by atoms with Crippen molar-refractivity contribution in [3.63, 3.8) is 0 Å². The highest BCUT2D eigenvalue weighted by atomic mass is 19.1. The van der Waals surface area contributed by atoms with Crippen LogP contribution in [0.15, 0.2) is 24.3 Å². The summed E-state index contributed by atoms with van der Waals surface area (Å²) in [7, 11) is 1.63. The topological polar surface area (TPSA) is 55.1 Å². The van der Waals surface area contributed by atoms with Crippen LogP contribution in [0.2, 0.25) is 0 Å². The smallest absolute Gasteiger partial charge is 0.356 e. The predicted octanol–water partition coefficient (Wildman–Crippen LogP) is 2.23. The van der Waals surface area contributed by atoms with Crippen LogP contribution in [0.4, 0.5) is 4.39 Å². The molecular formula is C12H11FN2O2. The van der Waals surface area contributed by atoms with E-state index in [0.717, 1.165) is 0 Å². The van der Waals surface area contributed by atoms with Crippen LogP contribution in [0.1, 0.15) is 16.1 Å². The molecular weight excluding hydrogens is 223 g/mol. The number of aryl methyl sites for hydroxylation is 1. The summed E-state index contributed by atoms with van der Waals surface area (Å²) in [5.74, 6) is -1.42. The molecule has 0 atom stereocenters. The fourth-order valence-corrected chi connectivity index (χ4v) is 1.71. The number of rotatable bonds is 2. The number of hydrogen-bond acceptors (Lipinski definition) is 2. The van der Waals surface area contributed by atoms with E-state index in [1.807, 2.05) is 0 Å². The molecule has 0 aliphatic heterocycles. The van der Waals surface area contributed by atoms with E-state index in [0.29, 0.717) is 16.8 Å². The second kappa shape index (κ2) is 4.01. The predicted molar refractivity (Wildman–Crippen MR) is 60.3 cm³/mol. The van der Waals surface area contributed by atoms with E-state index in [1.54, 1.807) is 26.1 Å². The Bertz CT molecular complexity index is 590. The average Bonchev–Trinajstić information content (AvgIpc) is 2.65. The summed E-state index contributed by atoms with van der Waals surface area (Å²) in [5.41, 5.74) is 1.66. The fourth-order valence-electron chi connectivity index (χ4n) is 1.71. The zero-order chi connectivity index (χ0) is 12.6. The van der Waals surface area contributed by atoms with Gasteiger partial charge in [-0.2, -0.15) is 5.10 Å².